The third kappa shape index (κ3) is 1.13. The van der Waals surface area contributed by atoms with Gasteiger partial charge in [-0.3, -0.25) is 0 Å². The van der Waals surface area contributed by atoms with Gasteiger partial charge in [-0.2, -0.15) is 0 Å². The summed E-state index contributed by atoms with van der Waals surface area (Å²) in [7, 11) is 0. The van der Waals surface area contributed by atoms with E-state index in [9.17, 15) is 0 Å². The summed E-state index contributed by atoms with van der Waals surface area (Å²) >= 11 is 1.78. The number of fused-ring (bicyclic) bond motifs is 3. The molecule has 2 heterocycles. The first kappa shape index (κ1) is 8.92. The molecular weight excluding hydrogens is 204 g/mol. The molecule has 15 heavy (non-hydrogen) atoms. The minimum atomic E-state index is 1.01. The van der Waals surface area contributed by atoms with Gasteiger partial charge in [0.15, 0.2) is 0 Å². The number of hydrogen-bond acceptors (Lipinski definition) is 2. The van der Waals surface area contributed by atoms with Gasteiger partial charge in [-0.05, 0) is 19.9 Å². The number of nitrogens with zero attached hydrogens (tertiary/aromatic N) is 2. The van der Waals surface area contributed by atoms with Crippen LogP contribution < -0.4 is 0 Å². The van der Waals surface area contributed by atoms with E-state index in [-0.39, 0.29) is 0 Å². The van der Waals surface area contributed by atoms with Gasteiger partial charge in [-0.15, -0.1) is 11.3 Å². The van der Waals surface area contributed by atoms with Gasteiger partial charge in [0.2, 0.25) is 0 Å². The molecule has 0 aliphatic rings. The largest absolute Gasteiger partial charge is 0.331 e. The Labute approximate surface area is 92.2 Å². The predicted molar refractivity (Wildman–Crippen MR) is 65.5 cm³/mol. The second-order valence-electron chi connectivity index (χ2n) is 3.65. The summed E-state index contributed by atoms with van der Waals surface area (Å²) in [5.74, 6) is 0. The summed E-state index contributed by atoms with van der Waals surface area (Å²) < 4.78 is 2.34. The monoisotopic (exact) mass is 216 g/mol. The number of aryl methyl sites for hydroxylation is 2. The zero-order chi connectivity index (χ0) is 10.4. The van der Waals surface area contributed by atoms with Crippen molar-refractivity contribution in [2.45, 2.75) is 20.4 Å². The standard InChI is InChI=1S/C12H12N2S/c1-3-14-10-7-5-4-6-9(10)11-12(14)15-8(2)13-11/h4-7H,3H2,1-2H3. The van der Waals surface area contributed by atoms with Crippen LogP contribution in [0.25, 0.3) is 21.3 Å². The Kier molecular flexibility index (Phi) is 1.83. The molecule has 0 radical (unpaired) electrons. The van der Waals surface area contributed by atoms with Crippen LogP contribution in [0.2, 0.25) is 0 Å². The summed E-state index contributed by atoms with van der Waals surface area (Å²) in [6.45, 7) is 5.26. The van der Waals surface area contributed by atoms with E-state index >= 15 is 0 Å². The molecule has 0 amide bonds. The van der Waals surface area contributed by atoms with Crippen molar-refractivity contribution in [2.75, 3.05) is 0 Å². The maximum absolute atomic E-state index is 4.61. The molecule has 0 spiro atoms. The van der Waals surface area contributed by atoms with Crippen molar-refractivity contribution in [3.63, 3.8) is 0 Å². The molecule has 76 valence electrons. The molecule has 0 fully saturated rings. The number of aromatic nitrogens is 2. The first-order chi connectivity index (χ1) is 7.31. The first-order valence-corrected chi connectivity index (χ1v) is 5.97. The van der Waals surface area contributed by atoms with E-state index in [1.54, 1.807) is 11.3 Å². The quantitative estimate of drug-likeness (QED) is 0.608. The lowest BCUT2D eigenvalue weighted by Crippen LogP contribution is -1.90. The van der Waals surface area contributed by atoms with E-state index in [1.807, 2.05) is 0 Å². The molecule has 0 N–H and O–H groups in total. The van der Waals surface area contributed by atoms with Gasteiger partial charge >= 0.3 is 0 Å². The molecule has 0 aliphatic carbocycles. The highest BCUT2D eigenvalue weighted by atomic mass is 32.1. The SMILES string of the molecule is CCn1c2ccccc2c2nc(C)sc21. The third-order valence-electron chi connectivity index (χ3n) is 2.73. The highest BCUT2D eigenvalue weighted by Crippen LogP contribution is 2.32. The van der Waals surface area contributed by atoms with E-state index in [1.165, 1.54) is 15.7 Å². The Morgan fingerprint density at radius 2 is 2.13 bits per heavy atom. The van der Waals surface area contributed by atoms with Crippen molar-refractivity contribution in [2.24, 2.45) is 0 Å². The van der Waals surface area contributed by atoms with Crippen molar-refractivity contribution < 1.29 is 0 Å². The van der Waals surface area contributed by atoms with Crippen molar-refractivity contribution in [3.05, 3.63) is 29.3 Å². The van der Waals surface area contributed by atoms with Gasteiger partial charge in [0.25, 0.3) is 0 Å². The third-order valence-corrected chi connectivity index (χ3v) is 3.72. The minimum absolute atomic E-state index is 1.01. The van der Waals surface area contributed by atoms with Crippen LogP contribution in [0.5, 0.6) is 0 Å². The molecule has 3 aromatic rings. The lowest BCUT2D eigenvalue weighted by Gasteiger charge is -1.99. The molecule has 0 atom stereocenters. The zero-order valence-electron chi connectivity index (χ0n) is 8.82. The average Bonchev–Trinajstić information content (AvgIpc) is 2.73. The van der Waals surface area contributed by atoms with Crippen LogP contribution in [-0.4, -0.2) is 9.55 Å². The summed E-state index contributed by atoms with van der Waals surface area (Å²) in [5.41, 5.74) is 2.46. The van der Waals surface area contributed by atoms with Crippen molar-refractivity contribution >= 4 is 32.6 Å². The molecule has 3 heteroatoms. The lowest BCUT2D eigenvalue weighted by atomic mass is 10.2. The lowest BCUT2D eigenvalue weighted by molar-refractivity contribution is 0.832. The summed E-state index contributed by atoms with van der Waals surface area (Å²) in [6, 6.07) is 8.49. The minimum Gasteiger partial charge on any atom is -0.331 e. The first-order valence-electron chi connectivity index (χ1n) is 5.15. The van der Waals surface area contributed by atoms with Gasteiger partial charge in [0.1, 0.15) is 10.3 Å². The van der Waals surface area contributed by atoms with Gasteiger partial charge in [0.05, 0.1) is 10.5 Å². The van der Waals surface area contributed by atoms with E-state index in [0.717, 1.165) is 17.1 Å². The second-order valence-corrected chi connectivity index (χ2v) is 4.83. The highest BCUT2D eigenvalue weighted by molar-refractivity contribution is 7.18. The fourth-order valence-electron chi connectivity index (χ4n) is 2.11. The summed E-state index contributed by atoms with van der Waals surface area (Å²) in [5, 5.41) is 2.42. The Hall–Kier alpha value is -1.35. The average molecular weight is 216 g/mol. The topological polar surface area (TPSA) is 17.8 Å². The summed E-state index contributed by atoms with van der Waals surface area (Å²) in [6.07, 6.45) is 0. The molecule has 0 saturated carbocycles. The van der Waals surface area contributed by atoms with E-state index in [4.69, 9.17) is 0 Å². The fourth-order valence-corrected chi connectivity index (χ4v) is 3.11. The van der Waals surface area contributed by atoms with Crippen molar-refractivity contribution in [1.29, 1.82) is 0 Å². The van der Waals surface area contributed by atoms with Crippen LogP contribution in [0.3, 0.4) is 0 Å². The molecule has 0 saturated heterocycles. The van der Waals surface area contributed by atoms with Crippen LogP contribution in [0, 0.1) is 6.92 Å². The Morgan fingerprint density at radius 3 is 2.93 bits per heavy atom. The van der Waals surface area contributed by atoms with Gasteiger partial charge in [-0.25, -0.2) is 4.98 Å². The van der Waals surface area contributed by atoms with Crippen LogP contribution in [-0.2, 0) is 6.54 Å². The highest BCUT2D eigenvalue weighted by Gasteiger charge is 2.12. The molecule has 0 unspecified atom stereocenters. The van der Waals surface area contributed by atoms with E-state index < -0.39 is 0 Å². The molecule has 0 aliphatic heterocycles. The fraction of sp³-hybridized carbons (Fsp3) is 0.250. The van der Waals surface area contributed by atoms with E-state index in [2.05, 4.69) is 47.7 Å². The van der Waals surface area contributed by atoms with Crippen LogP contribution >= 0.6 is 11.3 Å². The number of rotatable bonds is 1. The Morgan fingerprint density at radius 1 is 1.33 bits per heavy atom. The maximum atomic E-state index is 4.61. The number of benzene rings is 1. The summed E-state index contributed by atoms with van der Waals surface area (Å²) in [4.78, 5) is 5.91. The molecule has 3 rings (SSSR count). The molecule has 2 nitrogen and oxygen atoms in total. The second kappa shape index (κ2) is 3.07. The Balaban J connectivity index is 2.58. The van der Waals surface area contributed by atoms with Gasteiger partial charge in [-0.1, -0.05) is 18.2 Å². The van der Waals surface area contributed by atoms with Crippen LogP contribution in [0.15, 0.2) is 24.3 Å². The van der Waals surface area contributed by atoms with Crippen molar-refractivity contribution in [3.8, 4) is 0 Å². The molecule has 2 aromatic heterocycles. The van der Waals surface area contributed by atoms with E-state index in [0.29, 0.717) is 0 Å². The van der Waals surface area contributed by atoms with Gasteiger partial charge < -0.3 is 4.57 Å². The van der Waals surface area contributed by atoms with Crippen molar-refractivity contribution in [1.82, 2.24) is 9.55 Å². The normalized spacial score (nSPS) is 11.6. The smallest absolute Gasteiger partial charge is 0.124 e. The number of thiazole rings is 1. The van der Waals surface area contributed by atoms with Gasteiger partial charge in [0, 0.05) is 11.9 Å². The Bertz CT molecular complexity index is 633. The number of hydrogen-bond donors (Lipinski definition) is 0. The maximum Gasteiger partial charge on any atom is 0.124 e. The number of para-hydroxylation sites is 1. The van der Waals surface area contributed by atoms with Crippen LogP contribution in [0.1, 0.15) is 11.9 Å². The molecule has 1 aromatic carbocycles. The zero-order valence-corrected chi connectivity index (χ0v) is 9.64. The van der Waals surface area contributed by atoms with Crippen LogP contribution in [0.4, 0.5) is 0 Å². The predicted octanol–water partition coefficient (Wildman–Crippen LogP) is 3.58. The molecule has 0 bridgehead atoms. The molecular formula is C12H12N2S.